The molecule has 1 saturated heterocycles. The molecule has 0 saturated carbocycles. The van der Waals surface area contributed by atoms with Gasteiger partial charge >= 0.3 is 6.09 Å². The van der Waals surface area contributed by atoms with E-state index in [0.717, 1.165) is 41.9 Å². The van der Waals surface area contributed by atoms with Gasteiger partial charge in [0.2, 0.25) is 5.91 Å². The molecule has 0 radical (unpaired) electrons. The fourth-order valence-corrected chi connectivity index (χ4v) is 7.69. The average Bonchev–Trinajstić information content (AvgIpc) is 3.39. The highest BCUT2D eigenvalue weighted by Crippen LogP contribution is 2.32. The van der Waals surface area contributed by atoms with Gasteiger partial charge in [-0.3, -0.25) is 13.9 Å². The molecule has 1 fully saturated rings. The lowest BCUT2D eigenvalue weighted by Crippen LogP contribution is -2.48. The third-order valence-electron chi connectivity index (χ3n) is 9.22. The number of hydrogen-bond donors (Lipinski definition) is 4. The highest BCUT2D eigenvalue weighted by molar-refractivity contribution is 7.85. The van der Waals surface area contributed by atoms with Crippen LogP contribution in [0, 0.1) is 5.92 Å². The number of hydrogen-bond acceptors (Lipinski definition) is 8. The number of nitrogens with one attached hydrogen (secondary N) is 2. The number of aliphatic hydroxyl groups excluding tert-OH is 2. The number of ether oxygens (including phenoxy) is 2. The Morgan fingerprint density at radius 3 is 2.30 bits per heavy atom. The Kier molecular flexibility index (Phi) is 13.1. The second-order valence-corrected chi connectivity index (χ2v) is 16.0. The Morgan fingerprint density at radius 1 is 0.940 bits per heavy atom. The Balaban J connectivity index is 1.30. The van der Waals surface area contributed by atoms with Gasteiger partial charge in [0, 0.05) is 54.3 Å². The van der Waals surface area contributed by atoms with E-state index >= 15 is 0 Å². The van der Waals surface area contributed by atoms with Crippen LogP contribution in [-0.4, -0.2) is 92.9 Å². The monoisotopic (exact) mass is 705 g/mol. The summed E-state index contributed by atoms with van der Waals surface area (Å²) >= 11 is 0. The van der Waals surface area contributed by atoms with Crippen molar-refractivity contribution in [2.75, 3.05) is 37.7 Å². The van der Waals surface area contributed by atoms with Crippen molar-refractivity contribution in [1.82, 2.24) is 15.5 Å². The van der Waals surface area contributed by atoms with Gasteiger partial charge in [-0.2, -0.15) is 0 Å². The predicted octanol–water partition coefficient (Wildman–Crippen LogP) is 3.95. The number of benzene rings is 3. The normalized spacial score (nSPS) is 19.9. The van der Waals surface area contributed by atoms with E-state index in [9.17, 15) is 24.0 Å². The predicted molar refractivity (Wildman–Crippen MR) is 194 cm³/mol. The third-order valence-corrected chi connectivity index (χ3v) is 10.5. The van der Waals surface area contributed by atoms with E-state index < -0.39 is 52.7 Å². The molecule has 1 aliphatic heterocycles. The van der Waals surface area contributed by atoms with Gasteiger partial charge in [-0.05, 0) is 74.4 Å². The largest absolute Gasteiger partial charge is 0.492 e. The topological polar surface area (TPSA) is 137 Å². The number of nitrogens with zero attached hydrogens (tertiary/aromatic N) is 1. The summed E-state index contributed by atoms with van der Waals surface area (Å²) in [7, 11) is -0.713. The van der Waals surface area contributed by atoms with Gasteiger partial charge in [-0.15, -0.1) is 0 Å². The molecule has 2 aliphatic rings. The number of amides is 2. The lowest BCUT2D eigenvalue weighted by atomic mass is 9.88. The molecule has 10 nitrogen and oxygen atoms in total. The van der Waals surface area contributed by atoms with Crippen molar-refractivity contribution in [3.05, 3.63) is 101 Å². The summed E-state index contributed by atoms with van der Waals surface area (Å²) in [6.07, 6.45) is -1.32. The molecule has 3 aromatic rings. The van der Waals surface area contributed by atoms with Crippen molar-refractivity contribution >= 4 is 22.8 Å². The minimum atomic E-state index is -1.09. The lowest BCUT2D eigenvalue weighted by Gasteiger charge is -2.30. The maximum atomic E-state index is 14.1. The molecule has 2 amide bonds. The molecule has 1 aliphatic carbocycles. The summed E-state index contributed by atoms with van der Waals surface area (Å²) in [5.74, 6) is 1.15. The lowest BCUT2D eigenvalue weighted by molar-refractivity contribution is -0.127. The van der Waals surface area contributed by atoms with Crippen molar-refractivity contribution in [3.8, 4) is 5.75 Å². The SMILES string of the molecule is CC(C)(C)OC(=O)N[C@@H](Cc1ccccc1)[C@@H](O)C[C@H](Cc1ccc(OCCN2CCS(=O)CC2)cc1)C(=O)N[C@H]1c2ccccc2C[C@H]1O. The molecule has 11 heteroatoms. The minimum absolute atomic E-state index is 0.0580. The molecule has 270 valence electrons. The van der Waals surface area contributed by atoms with Crippen LogP contribution in [0.15, 0.2) is 78.9 Å². The van der Waals surface area contributed by atoms with Gasteiger partial charge < -0.3 is 30.3 Å². The number of alkyl carbamates (subject to hydrolysis) is 1. The Bertz CT molecular complexity index is 1570. The number of fused-ring (bicyclic) bond motifs is 1. The van der Waals surface area contributed by atoms with Crippen LogP contribution in [0.4, 0.5) is 4.79 Å². The summed E-state index contributed by atoms with van der Waals surface area (Å²) < 4.78 is 23.1. The zero-order chi connectivity index (χ0) is 35.7. The fraction of sp³-hybridized carbons (Fsp3) is 0.487. The maximum absolute atomic E-state index is 14.1. The molecule has 50 heavy (non-hydrogen) atoms. The summed E-state index contributed by atoms with van der Waals surface area (Å²) in [5.41, 5.74) is 2.97. The van der Waals surface area contributed by atoms with Gasteiger partial charge in [0.05, 0.1) is 24.3 Å². The number of aliphatic hydroxyl groups is 2. The minimum Gasteiger partial charge on any atom is -0.492 e. The van der Waals surface area contributed by atoms with Crippen molar-refractivity contribution in [3.63, 3.8) is 0 Å². The van der Waals surface area contributed by atoms with Crippen LogP contribution in [0.2, 0.25) is 0 Å². The van der Waals surface area contributed by atoms with Crippen LogP contribution < -0.4 is 15.4 Å². The smallest absolute Gasteiger partial charge is 0.407 e. The van der Waals surface area contributed by atoms with E-state index in [-0.39, 0.29) is 12.3 Å². The van der Waals surface area contributed by atoms with Crippen LogP contribution >= 0.6 is 0 Å². The van der Waals surface area contributed by atoms with Gasteiger partial charge in [-0.1, -0.05) is 66.7 Å². The Labute approximate surface area is 298 Å². The highest BCUT2D eigenvalue weighted by Gasteiger charge is 2.35. The zero-order valence-corrected chi connectivity index (χ0v) is 30.1. The van der Waals surface area contributed by atoms with Gasteiger partial charge in [0.1, 0.15) is 18.0 Å². The van der Waals surface area contributed by atoms with E-state index in [2.05, 4.69) is 15.5 Å². The highest BCUT2D eigenvalue weighted by atomic mass is 32.2. The first-order chi connectivity index (χ1) is 23.9. The van der Waals surface area contributed by atoms with Gasteiger partial charge in [-0.25, -0.2) is 4.79 Å². The molecule has 1 heterocycles. The molecule has 3 aromatic carbocycles. The molecule has 5 atom stereocenters. The summed E-state index contributed by atoms with van der Waals surface area (Å²) in [6.45, 7) is 8.24. The van der Waals surface area contributed by atoms with E-state index in [4.69, 9.17) is 9.47 Å². The quantitative estimate of drug-likeness (QED) is 0.198. The van der Waals surface area contributed by atoms with E-state index in [1.807, 2.05) is 78.9 Å². The second-order valence-electron chi connectivity index (χ2n) is 14.3. The van der Waals surface area contributed by atoms with Crippen LogP contribution in [-0.2, 0) is 39.6 Å². The van der Waals surface area contributed by atoms with Crippen molar-refractivity contribution in [1.29, 1.82) is 0 Å². The summed E-state index contributed by atoms with van der Waals surface area (Å²) in [5, 5.41) is 28.5. The van der Waals surface area contributed by atoms with Crippen LogP contribution in [0.25, 0.3) is 0 Å². The Hall–Kier alpha value is -3.77. The molecule has 5 rings (SSSR count). The van der Waals surface area contributed by atoms with Crippen LogP contribution in [0.3, 0.4) is 0 Å². The van der Waals surface area contributed by atoms with E-state index in [0.29, 0.717) is 43.1 Å². The van der Waals surface area contributed by atoms with Crippen molar-refractivity contribution in [2.24, 2.45) is 5.92 Å². The first-order valence-corrected chi connectivity index (χ1v) is 19.0. The van der Waals surface area contributed by atoms with Crippen molar-refractivity contribution < 1.29 is 33.5 Å². The van der Waals surface area contributed by atoms with Crippen LogP contribution in [0.5, 0.6) is 5.75 Å². The Morgan fingerprint density at radius 2 is 1.60 bits per heavy atom. The maximum Gasteiger partial charge on any atom is 0.407 e. The van der Waals surface area contributed by atoms with E-state index in [1.54, 1.807) is 20.8 Å². The zero-order valence-electron chi connectivity index (χ0n) is 29.3. The molecule has 0 bridgehead atoms. The number of carbonyl (C=O) groups is 2. The molecular weight excluding hydrogens is 655 g/mol. The first-order valence-electron chi connectivity index (χ1n) is 17.5. The summed E-state index contributed by atoms with van der Waals surface area (Å²) in [4.78, 5) is 29.2. The third kappa shape index (κ3) is 11.1. The number of carbonyl (C=O) groups excluding carboxylic acids is 2. The second kappa shape index (κ2) is 17.4. The molecule has 4 N–H and O–H groups in total. The molecular formula is C39H51N3O7S. The fourth-order valence-electron chi connectivity index (χ4n) is 6.57. The molecule has 0 spiro atoms. The first kappa shape index (κ1) is 37.5. The molecule has 0 aromatic heterocycles. The van der Waals surface area contributed by atoms with Crippen LogP contribution in [0.1, 0.15) is 55.5 Å². The summed E-state index contributed by atoms with van der Waals surface area (Å²) in [6, 6.07) is 23.6. The van der Waals surface area contributed by atoms with Gasteiger partial charge in [0.15, 0.2) is 0 Å². The van der Waals surface area contributed by atoms with Crippen molar-refractivity contribution in [2.45, 2.75) is 76.3 Å². The van der Waals surface area contributed by atoms with E-state index in [1.165, 1.54) is 0 Å². The standard InChI is InChI=1S/C39H51N3O7S/c1-39(2,3)49-38(46)40-33(24-27-9-5-4-6-10-27)34(43)26-30(37(45)41-36-32-12-8-7-11-29(32)25-35(36)44)23-28-13-15-31(16-14-28)48-20-17-42-18-21-50(47)22-19-42/h4-16,30,33-36,43-44H,17-26H2,1-3H3,(H,40,46)(H,41,45)/t30-,33-,34-,35+,36-/m0/s1. The average molecular weight is 706 g/mol. The van der Waals surface area contributed by atoms with Gasteiger partial charge in [0.25, 0.3) is 0 Å². The number of rotatable bonds is 14. The molecule has 0 unspecified atom stereocenters.